The van der Waals surface area contributed by atoms with E-state index in [1.165, 1.54) is 0 Å². The van der Waals surface area contributed by atoms with Gasteiger partial charge in [0.1, 0.15) is 0 Å². The fraction of sp³-hybridized carbons (Fsp3) is 0.333. The van der Waals surface area contributed by atoms with Crippen LogP contribution in [0.25, 0.3) is 0 Å². The van der Waals surface area contributed by atoms with E-state index in [2.05, 4.69) is 10.3 Å². The van der Waals surface area contributed by atoms with Crippen molar-refractivity contribution >= 4 is 5.91 Å². The highest BCUT2D eigenvalue weighted by Crippen LogP contribution is 2.19. The molecule has 0 saturated heterocycles. The number of pyridine rings is 1. The quantitative estimate of drug-likeness (QED) is 0.824. The summed E-state index contributed by atoms with van der Waals surface area (Å²) in [6, 6.07) is 12.6. The molecular weight excluding hydrogens is 292 g/mol. The summed E-state index contributed by atoms with van der Waals surface area (Å²) in [5.41, 5.74) is 1.09. The molecule has 2 rings (SSSR count). The lowest BCUT2D eigenvalue weighted by molar-refractivity contribution is 0.0908. The van der Waals surface area contributed by atoms with Crippen LogP contribution in [0.1, 0.15) is 42.4 Å². The van der Waals surface area contributed by atoms with Crippen LogP contribution in [-0.4, -0.2) is 28.6 Å². The number of nitrogens with one attached hydrogen (secondary N) is 1. The molecule has 1 amide bonds. The number of hydrogen-bond donors (Lipinski definition) is 2. The lowest BCUT2D eigenvalue weighted by Gasteiger charge is -2.18. The van der Waals surface area contributed by atoms with Gasteiger partial charge in [-0.25, -0.2) is 4.98 Å². The first-order chi connectivity index (χ1) is 11.1. The van der Waals surface area contributed by atoms with E-state index in [0.29, 0.717) is 18.8 Å². The highest BCUT2D eigenvalue weighted by molar-refractivity contribution is 5.95. The van der Waals surface area contributed by atoms with Gasteiger partial charge in [-0.1, -0.05) is 30.3 Å². The van der Waals surface area contributed by atoms with E-state index in [-0.39, 0.29) is 17.6 Å². The van der Waals surface area contributed by atoms with Crippen LogP contribution in [0.4, 0.5) is 0 Å². The van der Waals surface area contributed by atoms with E-state index in [9.17, 15) is 9.90 Å². The van der Waals surface area contributed by atoms with Gasteiger partial charge in [0.25, 0.3) is 5.91 Å². The first-order valence-electron chi connectivity index (χ1n) is 7.73. The number of amides is 1. The number of aliphatic hydroxyl groups is 1. The van der Waals surface area contributed by atoms with Crippen molar-refractivity contribution in [2.45, 2.75) is 32.4 Å². The van der Waals surface area contributed by atoms with Crippen LogP contribution in [0.15, 0.2) is 48.7 Å². The molecule has 122 valence electrons. The van der Waals surface area contributed by atoms with Crippen LogP contribution < -0.4 is 10.1 Å². The second-order valence-electron chi connectivity index (χ2n) is 5.32. The SMILES string of the molecule is CCOc1cccnc1C(=O)NC(C)CC(O)c1ccccc1. The Bertz CT molecular complexity index is 631. The molecule has 2 N–H and O–H groups in total. The maximum absolute atomic E-state index is 12.3. The van der Waals surface area contributed by atoms with E-state index in [1.807, 2.05) is 44.2 Å². The lowest BCUT2D eigenvalue weighted by Crippen LogP contribution is -2.34. The molecule has 0 bridgehead atoms. The zero-order valence-electron chi connectivity index (χ0n) is 13.4. The van der Waals surface area contributed by atoms with Gasteiger partial charge in [0.05, 0.1) is 12.7 Å². The Labute approximate surface area is 136 Å². The zero-order chi connectivity index (χ0) is 16.7. The van der Waals surface area contributed by atoms with E-state index in [1.54, 1.807) is 18.3 Å². The van der Waals surface area contributed by atoms with Crippen molar-refractivity contribution < 1.29 is 14.6 Å². The van der Waals surface area contributed by atoms with Crippen molar-refractivity contribution in [2.24, 2.45) is 0 Å². The predicted octanol–water partition coefficient (Wildman–Crippen LogP) is 2.72. The summed E-state index contributed by atoms with van der Waals surface area (Å²) in [6.07, 6.45) is 1.36. The summed E-state index contributed by atoms with van der Waals surface area (Å²) in [5.74, 6) is 0.158. The van der Waals surface area contributed by atoms with Crippen LogP contribution in [0, 0.1) is 0 Å². The van der Waals surface area contributed by atoms with Crippen molar-refractivity contribution in [3.63, 3.8) is 0 Å². The van der Waals surface area contributed by atoms with Gasteiger partial charge in [-0.05, 0) is 38.0 Å². The van der Waals surface area contributed by atoms with Crippen LogP contribution in [-0.2, 0) is 0 Å². The average molecular weight is 314 g/mol. The van der Waals surface area contributed by atoms with Crippen molar-refractivity contribution in [1.29, 1.82) is 0 Å². The van der Waals surface area contributed by atoms with E-state index >= 15 is 0 Å². The molecule has 2 unspecified atom stereocenters. The molecule has 1 aromatic carbocycles. The van der Waals surface area contributed by atoms with E-state index in [0.717, 1.165) is 5.56 Å². The minimum Gasteiger partial charge on any atom is -0.491 e. The summed E-state index contributed by atoms with van der Waals surface area (Å²) in [6.45, 7) is 4.18. The van der Waals surface area contributed by atoms with Crippen LogP contribution in [0.2, 0.25) is 0 Å². The lowest BCUT2D eigenvalue weighted by atomic mass is 10.0. The maximum Gasteiger partial charge on any atom is 0.273 e. The Hall–Kier alpha value is -2.40. The number of rotatable bonds is 7. The largest absolute Gasteiger partial charge is 0.491 e. The second-order valence-corrected chi connectivity index (χ2v) is 5.32. The molecule has 0 aliphatic heterocycles. The third-order valence-electron chi connectivity index (χ3n) is 3.42. The monoisotopic (exact) mass is 314 g/mol. The highest BCUT2D eigenvalue weighted by Gasteiger charge is 2.18. The molecule has 2 aromatic rings. The number of aliphatic hydroxyl groups excluding tert-OH is 1. The van der Waals surface area contributed by atoms with Gasteiger partial charge in [-0.15, -0.1) is 0 Å². The summed E-state index contributed by atoms with van der Waals surface area (Å²) in [4.78, 5) is 16.4. The van der Waals surface area contributed by atoms with Gasteiger partial charge in [-0.2, -0.15) is 0 Å². The van der Waals surface area contributed by atoms with Gasteiger partial charge in [0.2, 0.25) is 0 Å². The Balaban J connectivity index is 1.97. The smallest absolute Gasteiger partial charge is 0.273 e. The molecule has 5 heteroatoms. The predicted molar refractivity (Wildman–Crippen MR) is 88.4 cm³/mol. The number of aromatic nitrogens is 1. The molecule has 0 saturated carbocycles. The van der Waals surface area contributed by atoms with Crippen molar-refractivity contribution in [2.75, 3.05) is 6.61 Å². The number of carbonyl (C=O) groups excluding carboxylic acids is 1. The molecule has 0 fully saturated rings. The molecule has 0 aliphatic carbocycles. The Morgan fingerprint density at radius 2 is 2.00 bits per heavy atom. The van der Waals surface area contributed by atoms with Gasteiger partial charge in [0.15, 0.2) is 11.4 Å². The molecule has 1 heterocycles. The number of nitrogens with zero attached hydrogens (tertiary/aromatic N) is 1. The molecule has 0 radical (unpaired) electrons. The van der Waals surface area contributed by atoms with Crippen molar-refractivity contribution in [3.8, 4) is 5.75 Å². The fourth-order valence-electron chi connectivity index (χ4n) is 2.33. The number of carbonyl (C=O) groups is 1. The van der Waals surface area contributed by atoms with Gasteiger partial charge in [-0.3, -0.25) is 4.79 Å². The molecular formula is C18H22N2O3. The van der Waals surface area contributed by atoms with Gasteiger partial charge in [0, 0.05) is 12.2 Å². The number of benzene rings is 1. The Morgan fingerprint density at radius 1 is 1.26 bits per heavy atom. The van der Waals surface area contributed by atoms with Crippen LogP contribution in [0.5, 0.6) is 5.75 Å². The number of ether oxygens (including phenoxy) is 1. The molecule has 0 aliphatic rings. The maximum atomic E-state index is 12.3. The third-order valence-corrected chi connectivity index (χ3v) is 3.42. The zero-order valence-corrected chi connectivity index (χ0v) is 13.4. The molecule has 23 heavy (non-hydrogen) atoms. The Morgan fingerprint density at radius 3 is 2.70 bits per heavy atom. The van der Waals surface area contributed by atoms with Crippen molar-refractivity contribution in [3.05, 3.63) is 59.9 Å². The van der Waals surface area contributed by atoms with E-state index in [4.69, 9.17) is 4.74 Å². The number of hydrogen-bond acceptors (Lipinski definition) is 4. The van der Waals surface area contributed by atoms with Crippen LogP contribution in [0.3, 0.4) is 0 Å². The van der Waals surface area contributed by atoms with Gasteiger partial charge >= 0.3 is 0 Å². The molecule has 0 spiro atoms. The average Bonchev–Trinajstić information content (AvgIpc) is 2.56. The highest BCUT2D eigenvalue weighted by atomic mass is 16.5. The Kier molecular flexibility index (Phi) is 6.11. The molecule has 2 atom stereocenters. The topological polar surface area (TPSA) is 71.5 Å². The minimum atomic E-state index is -0.624. The summed E-state index contributed by atoms with van der Waals surface area (Å²) in [7, 11) is 0. The normalized spacial score (nSPS) is 13.2. The first kappa shape index (κ1) is 17.0. The van der Waals surface area contributed by atoms with Crippen molar-refractivity contribution in [1.82, 2.24) is 10.3 Å². The van der Waals surface area contributed by atoms with Crippen LogP contribution >= 0.6 is 0 Å². The second kappa shape index (κ2) is 8.29. The summed E-state index contributed by atoms with van der Waals surface area (Å²) in [5, 5.41) is 13.1. The standard InChI is InChI=1S/C18H22N2O3/c1-3-23-16-10-7-11-19-17(16)18(22)20-13(2)12-15(21)14-8-5-4-6-9-14/h4-11,13,15,21H,3,12H2,1-2H3,(H,20,22). The summed E-state index contributed by atoms with van der Waals surface area (Å²) >= 11 is 0. The fourth-order valence-corrected chi connectivity index (χ4v) is 2.33. The molecule has 5 nitrogen and oxygen atoms in total. The third kappa shape index (κ3) is 4.79. The minimum absolute atomic E-state index is 0.200. The first-order valence-corrected chi connectivity index (χ1v) is 7.73. The molecule has 1 aromatic heterocycles. The summed E-state index contributed by atoms with van der Waals surface area (Å²) < 4.78 is 5.42. The van der Waals surface area contributed by atoms with E-state index < -0.39 is 6.10 Å². The van der Waals surface area contributed by atoms with Gasteiger partial charge < -0.3 is 15.2 Å².